The van der Waals surface area contributed by atoms with Gasteiger partial charge in [0.2, 0.25) is 5.91 Å². The van der Waals surface area contributed by atoms with Crippen molar-refractivity contribution in [2.75, 3.05) is 24.7 Å². The van der Waals surface area contributed by atoms with E-state index in [1.54, 1.807) is 0 Å². The Morgan fingerprint density at radius 3 is 2.76 bits per heavy atom. The van der Waals surface area contributed by atoms with Gasteiger partial charge in [0.25, 0.3) is 0 Å². The number of hydrogen-bond donors (Lipinski definition) is 0. The van der Waals surface area contributed by atoms with Gasteiger partial charge in [0.05, 0.1) is 5.92 Å². The maximum absolute atomic E-state index is 13.2. The van der Waals surface area contributed by atoms with Gasteiger partial charge in [-0.05, 0) is 55.5 Å². The molecule has 4 rings (SSSR count). The molecule has 2 aliphatic heterocycles. The third-order valence-electron chi connectivity index (χ3n) is 5.12. The molecule has 0 aliphatic carbocycles. The van der Waals surface area contributed by atoms with Crippen molar-refractivity contribution in [2.24, 2.45) is 0 Å². The van der Waals surface area contributed by atoms with Crippen molar-refractivity contribution in [3.8, 4) is 11.5 Å². The van der Waals surface area contributed by atoms with Gasteiger partial charge in [-0.15, -0.1) is 0 Å². The summed E-state index contributed by atoms with van der Waals surface area (Å²) in [6.45, 7) is 5.97. The molecule has 0 spiro atoms. The molecule has 2 aliphatic rings. The van der Waals surface area contributed by atoms with E-state index in [0.29, 0.717) is 13.2 Å². The lowest BCUT2D eigenvalue weighted by atomic mass is 9.94. The summed E-state index contributed by atoms with van der Waals surface area (Å²) in [7, 11) is 0. The van der Waals surface area contributed by atoms with Gasteiger partial charge in [0, 0.05) is 12.2 Å². The van der Waals surface area contributed by atoms with Crippen LogP contribution in [-0.4, -0.2) is 25.7 Å². The first-order chi connectivity index (χ1) is 12.1. The van der Waals surface area contributed by atoms with E-state index in [0.717, 1.165) is 42.1 Å². The van der Waals surface area contributed by atoms with Crippen LogP contribution in [0.5, 0.6) is 11.5 Å². The molecule has 0 bridgehead atoms. The Morgan fingerprint density at radius 1 is 1.12 bits per heavy atom. The van der Waals surface area contributed by atoms with Crippen molar-refractivity contribution in [3.05, 3.63) is 53.1 Å². The lowest BCUT2D eigenvalue weighted by Gasteiger charge is -2.33. The Bertz CT molecular complexity index is 815. The molecule has 130 valence electrons. The van der Waals surface area contributed by atoms with Crippen LogP contribution in [0.15, 0.2) is 36.4 Å². The predicted octanol–water partition coefficient (Wildman–Crippen LogP) is 3.85. The molecule has 2 heterocycles. The van der Waals surface area contributed by atoms with Crippen LogP contribution in [0.3, 0.4) is 0 Å². The molecule has 0 aromatic heterocycles. The van der Waals surface area contributed by atoms with Crippen molar-refractivity contribution >= 4 is 11.6 Å². The number of fused-ring (bicyclic) bond motifs is 2. The molecule has 1 unspecified atom stereocenters. The Labute approximate surface area is 148 Å². The van der Waals surface area contributed by atoms with E-state index in [1.165, 1.54) is 11.1 Å². The van der Waals surface area contributed by atoms with Gasteiger partial charge >= 0.3 is 0 Å². The minimum absolute atomic E-state index is 0.145. The summed E-state index contributed by atoms with van der Waals surface area (Å²) in [6, 6.07) is 12.1. The molecule has 25 heavy (non-hydrogen) atoms. The summed E-state index contributed by atoms with van der Waals surface area (Å²) in [6.07, 6.45) is 2.05. The maximum Gasteiger partial charge on any atom is 0.234 e. The van der Waals surface area contributed by atoms with Crippen molar-refractivity contribution in [3.63, 3.8) is 0 Å². The zero-order valence-electron chi connectivity index (χ0n) is 14.7. The van der Waals surface area contributed by atoms with Crippen LogP contribution in [0.2, 0.25) is 0 Å². The maximum atomic E-state index is 13.2. The van der Waals surface area contributed by atoms with Gasteiger partial charge in [-0.25, -0.2) is 0 Å². The monoisotopic (exact) mass is 337 g/mol. The fraction of sp³-hybridized carbons (Fsp3) is 0.381. The van der Waals surface area contributed by atoms with Gasteiger partial charge in [0.1, 0.15) is 13.2 Å². The van der Waals surface area contributed by atoms with Crippen LogP contribution < -0.4 is 14.4 Å². The van der Waals surface area contributed by atoms with Crippen molar-refractivity contribution in [1.29, 1.82) is 0 Å². The molecular weight excluding hydrogens is 314 g/mol. The number of hydrogen-bond acceptors (Lipinski definition) is 3. The second kappa shape index (κ2) is 6.43. The summed E-state index contributed by atoms with van der Waals surface area (Å²) >= 11 is 0. The lowest BCUT2D eigenvalue weighted by Crippen LogP contribution is -2.38. The lowest BCUT2D eigenvalue weighted by molar-refractivity contribution is -0.119. The summed E-state index contributed by atoms with van der Waals surface area (Å²) in [4.78, 5) is 15.2. The molecule has 2 aromatic carbocycles. The first-order valence-corrected chi connectivity index (χ1v) is 8.94. The SMILES string of the molecule is Cc1cccc2c1N(C(=O)C(C)c1ccc3c(c1)OCCO3)CCC2. The number of nitrogens with zero attached hydrogens (tertiary/aromatic N) is 1. The highest BCUT2D eigenvalue weighted by molar-refractivity contribution is 5.99. The second-order valence-corrected chi connectivity index (χ2v) is 6.80. The van der Waals surface area contributed by atoms with E-state index in [-0.39, 0.29) is 11.8 Å². The zero-order chi connectivity index (χ0) is 17.4. The summed E-state index contributed by atoms with van der Waals surface area (Å²) in [5, 5.41) is 0. The molecule has 0 saturated carbocycles. The number of para-hydroxylation sites is 1. The normalized spacial score (nSPS) is 17.0. The summed E-state index contributed by atoms with van der Waals surface area (Å²) < 4.78 is 11.2. The first kappa shape index (κ1) is 16.0. The van der Waals surface area contributed by atoms with E-state index in [4.69, 9.17) is 9.47 Å². The van der Waals surface area contributed by atoms with E-state index in [2.05, 4.69) is 25.1 Å². The van der Waals surface area contributed by atoms with Crippen LogP contribution in [0.4, 0.5) is 5.69 Å². The van der Waals surface area contributed by atoms with E-state index >= 15 is 0 Å². The Kier molecular flexibility index (Phi) is 4.12. The molecule has 4 heteroatoms. The van der Waals surface area contributed by atoms with Crippen LogP contribution in [0.1, 0.15) is 36.0 Å². The largest absolute Gasteiger partial charge is 0.486 e. The highest BCUT2D eigenvalue weighted by atomic mass is 16.6. The molecule has 1 amide bonds. The minimum atomic E-state index is -0.221. The summed E-state index contributed by atoms with van der Waals surface area (Å²) in [5.41, 5.74) is 4.51. The Hall–Kier alpha value is -2.49. The molecule has 4 nitrogen and oxygen atoms in total. The van der Waals surface area contributed by atoms with Gasteiger partial charge in [0.15, 0.2) is 11.5 Å². The van der Waals surface area contributed by atoms with Gasteiger partial charge in [-0.1, -0.05) is 24.3 Å². The van der Waals surface area contributed by atoms with E-state index < -0.39 is 0 Å². The highest BCUT2D eigenvalue weighted by Gasteiger charge is 2.29. The minimum Gasteiger partial charge on any atom is -0.486 e. The van der Waals surface area contributed by atoms with E-state index in [9.17, 15) is 4.79 Å². The second-order valence-electron chi connectivity index (χ2n) is 6.80. The zero-order valence-corrected chi connectivity index (χ0v) is 14.7. The van der Waals surface area contributed by atoms with E-state index in [1.807, 2.05) is 30.0 Å². The van der Waals surface area contributed by atoms with Crippen molar-refractivity contribution in [2.45, 2.75) is 32.6 Å². The molecule has 0 fully saturated rings. The van der Waals surface area contributed by atoms with Crippen LogP contribution in [0.25, 0.3) is 0 Å². The Balaban J connectivity index is 1.64. The predicted molar refractivity (Wildman–Crippen MR) is 97.7 cm³/mol. The van der Waals surface area contributed by atoms with Gasteiger partial charge in [-0.3, -0.25) is 4.79 Å². The Morgan fingerprint density at radius 2 is 1.92 bits per heavy atom. The van der Waals surface area contributed by atoms with Crippen LogP contribution in [-0.2, 0) is 11.2 Å². The van der Waals surface area contributed by atoms with Gasteiger partial charge < -0.3 is 14.4 Å². The fourth-order valence-corrected chi connectivity index (χ4v) is 3.77. The number of aryl methyl sites for hydroxylation is 2. The topological polar surface area (TPSA) is 38.8 Å². The average molecular weight is 337 g/mol. The molecule has 0 N–H and O–H groups in total. The van der Waals surface area contributed by atoms with Crippen molar-refractivity contribution < 1.29 is 14.3 Å². The quantitative estimate of drug-likeness (QED) is 0.835. The van der Waals surface area contributed by atoms with Crippen LogP contribution in [0, 0.1) is 6.92 Å². The van der Waals surface area contributed by atoms with Crippen LogP contribution >= 0.6 is 0 Å². The third-order valence-corrected chi connectivity index (χ3v) is 5.12. The molecule has 0 saturated heterocycles. The molecule has 0 radical (unpaired) electrons. The number of carbonyl (C=O) groups excluding carboxylic acids is 1. The molecule has 2 aromatic rings. The van der Waals surface area contributed by atoms with Crippen molar-refractivity contribution in [1.82, 2.24) is 0 Å². The fourth-order valence-electron chi connectivity index (χ4n) is 3.77. The number of benzene rings is 2. The number of rotatable bonds is 2. The standard InChI is InChI=1S/C21H23NO3/c1-14-5-3-6-16-7-4-10-22(20(14)16)21(23)15(2)17-8-9-18-19(13-17)25-12-11-24-18/h3,5-6,8-9,13,15H,4,7,10-12H2,1-2H3. The third kappa shape index (κ3) is 2.86. The number of amides is 1. The number of ether oxygens (including phenoxy) is 2. The molecular formula is C21H23NO3. The first-order valence-electron chi connectivity index (χ1n) is 8.94. The number of anilines is 1. The smallest absolute Gasteiger partial charge is 0.234 e. The molecule has 1 atom stereocenters. The average Bonchev–Trinajstić information content (AvgIpc) is 2.66. The summed E-state index contributed by atoms with van der Waals surface area (Å²) in [5.74, 6) is 1.42. The highest BCUT2D eigenvalue weighted by Crippen LogP contribution is 2.36. The van der Waals surface area contributed by atoms with Gasteiger partial charge in [-0.2, -0.15) is 0 Å². The number of carbonyl (C=O) groups is 1.